The second-order valence-electron chi connectivity index (χ2n) is 4.36. The molecule has 0 atom stereocenters. The Morgan fingerprint density at radius 1 is 1.26 bits per heavy atom. The van der Waals surface area contributed by atoms with E-state index in [1.807, 2.05) is 18.9 Å². The van der Waals surface area contributed by atoms with E-state index < -0.39 is 0 Å². The highest BCUT2D eigenvalue weighted by molar-refractivity contribution is 7.80. The molecular weight excluding hydrogens is 256 g/mol. The van der Waals surface area contributed by atoms with Crippen LogP contribution in [0.3, 0.4) is 0 Å². The quantitative estimate of drug-likeness (QED) is 0.613. The molecule has 0 spiro atoms. The molecule has 0 aliphatic rings. The fourth-order valence-corrected chi connectivity index (χ4v) is 1.91. The van der Waals surface area contributed by atoms with Gasteiger partial charge in [-0.05, 0) is 49.7 Å². The maximum absolute atomic E-state index is 5.37. The van der Waals surface area contributed by atoms with Crippen molar-refractivity contribution in [1.29, 1.82) is 0 Å². The van der Waals surface area contributed by atoms with Gasteiger partial charge in [0.2, 0.25) is 0 Å². The SMILES string of the molecule is CCOCCCNC(=S)N(C)c1ccc(CC)cc1. The average molecular weight is 280 g/mol. The van der Waals surface area contributed by atoms with E-state index in [1.165, 1.54) is 5.56 Å². The molecular formula is C15H24N2OS. The minimum Gasteiger partial charge on any atom is -0.382 e. The van der Waals surface area contributed by atoms with Gasteiger partial charge in [-0.2, -0.15) is 0 Å². The third-order valence-electron chi connectivity index (χ3n) is 2.98. The summed E-state index contributed by atoms with van der Waals surface area (Å²) >= 11 is 5.37. The summed E-state index contributed by atoms with van der Waals surface area (Å²) in [6.07, 6.45) is 2.03. The van der Waals surface area contributed by atoms with Gasteiger partial charge in [-0.3, -0.25) is 0 Å². The summed E-state index contributed by atoms with van der Waals surface area (Å²) in [6.45, 7) is 6.56. The fraction of sp³-hybridized carbons (Fsp3) is 0.533. The highest BCUT2D eigenvalue weighted by atomic mass is 32.1. The lowest BCUT2D eigenvalue weighted by Crippen LogP contribution is -2.37. The molecule has 0 heterocycles. The Morgan fingerprint density at radius 3 is 2.53 bits per heavy atom. The number of anilines is 1. The minimum absolute atomic E-state index is 0.751. The van der Waals surface area contributed by atoms with Crippen LogP contribution in [0.25, 0.3) is 0 Å². The van der Waals surface area contributed by atoms with Gasteiger partial charge in [0.15, 0.2) is 5.11 Å². The van der Waals surface area contributed by atoms with E-state index in [-0.39, 0.29) is 0 Å². The first-order chi connectivity index (χ1) is 9.19. The lowest BCUT2D eigenvalue weighted by molar-refractivity contribution is 0.146. The summed E-state index contributed by atoms with van der Waals surface area (Å²) < 4.78 is 5.29. The molecule has 1 aromatic rings. The summed E-state index contributed by atoms with van der Waals surface area (Å²) in [5.41, 5.74) is 2.45. The van der Waals surface area contributed by atoms with Gasteiger partial charge in [0.05, 0.1) is 0 Å². The summed E-state index contributed by atoms with van der Waals surface area (Å²) in [7, 11) is 1.98. The molecule has 19 heavy (non-hydrogen) atoms. The van der Waals surface area contributed by atoms with E-state index in [4.69, 9.17) is 17.0 Å². The first kappa shape index (κ1) is 15.9. The van der Waals surface area contributed by atoms with E-state index in [0.29, 0.717) is 0 Å². The van der Waals surface area contributed by atoms with Gasteiger partial charge in [-0.15, -0.1) is 0 Å². The first-order valence-corrected chi connectivity index (χ1v) is 7.28. The molecule has 106 valence electrons. The predicted octanol–water partition coefficient (Wildman–Crippen LogP) is 2.99. The molecule has 4 heteroatoms. The lowest BCUT2D eigenvalue weighted by Gasteiger charge is -2.21. The lowest BCUT2D eigenvalue weighted by atomic mass is 10.1. The number of hydrogen-bond donors (Lipinski definition) is 1. The molecule has 0 aliphatic carbocycles. The van der Waals surface area contributed by atoms with Crippen LogP contribution in [0.15, 0.2) is 24.3 Å². The fourth-order valence-electron chi connectivity index (χ4n) is 1.70. The molecule has 0 aromatic heterocycles. The zero-order chi connectivity index (χ0) is 14.1. The van der Waals surface area contributed by atoms with E-state index >= 15 is 0 Å². The van der Waals surface area contributed by atoms with Crippen molar-refractivity contribution in [2.75, 3.05) is 31.7 Å². The predicted molar refractivity (Wildman–Crippen MR) is 85.9 cm³/mol. The van der Waals surface area contributed by atoms with Gasteiger partial charge in [0.25, 0.3) is 0 Å². The summed E-state index contributed by atoms with van der Waals surface area (Å²) in [5, 5.41) is 4.00. The first-order valence-electron chi connectivity index (χ1n) is 6.87. The van der Waals surface area contributed by atoms with Gasteiger partial charge in [-0.25, -0.2) is 0 Å². The van der Waals surface area contributed by atoms with Gasteiger partial charge in [0, 0.05) is 32.5 Å². The molecule has 0 unspecified atom stereocenters. The van der Waals surface area contributed by atoms with Crippen LogP contribution < -0.4 is 10.2 Å². The zero-order valence-electron chi connectivity index (χ0n) is 12.1. The monoisotopic (exact) mass is 280 g/mol. The Hall–Kier alpha value is -1.13. The minimum atomic E-state index is 0.751. The van der Waals surface area contributed by atoms with Crippen LogP contribution in [0.5, 0.6) is 0 Å². The van der Waals surface area contributed by atoms with Gasteiger partial charge < -0.3 is 15.0 Å². The van der Waals surface area contributed by atoms with Crippen molar-refractivity contribution in [2.45, 2.75) is 26.7 Å². The van der Waals surface area contributed by atoms with Crippen molar-refractivity contribution >= 4 is 23.0 Å². The van der Waals surface area contributed by atoms with Crippen LogP contribution >= 0.6 is 12.2 Å². The molecule has 0 fully saturated rings. The number of hydrogen-bond acceptors (Lipinski definition) is 2. The topological polar surface area (TPSA) is 24.5 Å². The van der Waals surface area contributed by atoms with Gasteiger partial charge >= 0.3 is 0 Å². The Labute approximate surface area is 121 Å². The van der Waals surface area contributed by atoms with Crippen molar-refractivity contribution < 1.29 is 4.74 Å². The van der Waals surface area contributed by atoms with E-state index in [9.17, 15) is 0 Å². The molecule has 0 saturated heterocycles. The van der Waals surface area contributed by atoms with Crippen LogP contribution in [0.4, 0.5) is 5.69 Å². The van der Waals surface area contributed by atoms with E-state index in [2.05, 4.69) is 36.5 Å². The summed E-state index contributed by atoms with van der Waals surface area (Å²) in [6, 6.07) is 8.49. The number of rotatable bonds is 7. The highest BCUT2D eigenvalue weighted by Gasteiger charge is 2.05. The maximum Gasteiger partial charge on any atom is 0.173 e. The van der Waals surface area contributed by atoms with Crippen molar-refractivity contribution in [3.63, 3.8) is 0 Å². The Kier molecular flexibility index (Phi) is 7.45. The maximum atomic E-state index is 5.37. The molecule has 0 saturated carbocycles. The van der Waals surface area contributed by atoms with Crippen LogP contribution in [0.1, 0.15) is 25.8 Å². The van der Waals surface area contributed by atoms with Crippen molar-refractivity contribution in [3.05, 3.63) is 29.8 Å². The molecule has 0 aliphatic heterocycles. The molecule has 0 radical (unpaired) electrons. The van der Waals surface area contributed by atoms with E-state index in [0.717, 1.165) is 43.4 Å². The molecule has 0 bridgehead atoms. The summed E-state index contributed by atoms with van der Waals surface area (Å²) in [5.74, 6) is 0. The third-order valence-corrected chi connectivity index (χ3v) is 3.40. The molecule has 1 N–H and O–H groups in total. The number of nitrogens with one attached hydrogen (secondary N) is 1. The smallest absolute Gasteiger partial charge is 0.173 e. The zero-order valence-corrected chi connectivity index (χ0v) is 12.9. The third kappa shape index (κ3) is 5.57. The van der Waals surface area contributed by atoms with Crippen LogP contribution in [-0.4, -0.2) is 31.9 Å². The average Bonchev–Trinajstić information content (AvgIpc) is 2.46. The molecule has 1 aromatic carbocycles. The van der Waals surface area contributed by atoms with Crippen molar-refractivity contribution in [1.82, 2.24) is 5.32 Å². The number of nitrogens with zero attached hydrogens (tertiary/aromatic N) is 1. The van der Waals surface area contributed by atoms with Gasteiger partial charge in [-0.1, -0.05) is 19.1 Å². The number of aryl methyl sites for hydroxylation is 1. The Morgan fingerprint density at radius 2 is 1.95 bits per heavy atom. The second kappa shape index (κ2) is 8.88. The van der Waals surface area contributed by atoms with E-state index in [1.54, 1.807) is 0 Å². The number of benzene rings is 1. The molecule has 3 nitrogen and oxygen atoms in total. The normalized spacial score (nSPS) is 10.3. The van der Waals surface area contributed by atoms with Crippen molar-refractivity contribution in [3.8, 4) is 0 Å². The highest BCUT2D eigenvalue weighted by Crippen LogP contribution is 2.14. The molecule has 0 amide bonds. The molecule has 1 rings (SSSR count). The Balaban J connectivity index is 2.38. The largest absolute Gasteiger partial charge is 0.382 e. The van der Waals surface area contributed by atoms with Crippen LogP contribution in [0.2, 0.25) is 0 Å². The number of thiocarbonyl (C=S) groups is 1. The summed E-state index contributed by atoms with van der Waals surface area (Å²) in [4.78, 5) is 2.00. The van der Waals surface area contributed by atoms with Crippen LogP contribution in [-0.2, 0) is 11.2 Å². The standard InChI is InChI=1S/C15H24N2OS/c1-4-13-7-9-14(10-8-13)17(3)15(19)16-11-6-12-18-5-2/h7-10H,4-6,11-12H2,1-3H3,(H,16,19). The number of ether oxygens (including phenoxy) is 1. The van der Waals surface area contributed by atoms with Crippen LogP contribution in [0, 0.1) is 0 Å². The van der Waals surface area contributed by atoms with Crippen molar-refractivity contribution in [2.24, 2.45) is 0 Å². The Bertz CT molecular complexity index is 378. The second-order valence-corrected chi connectivity index (χ2v) is 4.75. The van der Waals surface area contributed by atoms with Gasteiger partial charge in [0.1, 0.15) is 0 Å².